The van der Waals surface area contributed by atoms with Crippen LogP contribution in [0.15, 0.2) is 34.2 Å². The Morgan fingerprint density at radius 3 is 2.53 bits per heavy atom. The maximum absolute atomic E-state index is 12.3. The second-order valence-electron chi connectivity index (χ2n) is 7.86. The van der Waals surface area contributed by atoms with Crippen LogP contribution in [0.25, 0.3) is 0 Å². The molecule has 1 fully saturated rings. The molecule has 2 rings (SSSR count). The Kier molecular flexibility index (Phi) is 8.56. The van der Waals surface area contributed by atoms with Crippen molar-refractivity contribution < 1.29 is 13.3 Å². The Bertz CT molecular complexity index is 850. The highest BCUT2D eigenvalue weighted by atomic mass is 32.2. The molecule has 3 N–H and O–H groups in total. The van der Waals surface area contributed by atoms with Gasteiger partial charge in [0.15, 0.2) is 5.96 Å². The molecular formula is C19H32N6O4S. The lowest BCUT2D eigenvalue weighted by molar-refractivity contribution is -0.385. The summed E-state index contributed by atoms with van der Waals surface area (Å²) in [6.07, 6.45) is 3.73. The molecule has 0 amide bonds. The topological polar surface area (TPSA) is 129 Å². The van der Waals surface area contributed by atoms with E-state index in [0.717, 1.165) is 19.2 Å². The van der Waals surface area contributed by atoms with Crippen LogP contribution in [0.1, 0.15) is 33.1 Å². The molecule has 1 aromatic carbocycles. The van der Waals surface area contributed by atoms with Crippen LogP contribution < -0.4 is 15.4 Å². The van der Waals surface area contributed by atoms with E-state index in [1.165, 1.54) is 37.5 Å². The largest absolute Gasteiger partial charge is 0.355 e. The van der Waals surface area contributed by atoms with Gasteiger partial charge in [0, 0.05) is 44.4 Å². The van der Waals surface area contributed by atoms with Crippen LogP contribution in [0.4, 0.5) is 5.69 Å². The molecule has 1 aliphatic rings. The Labute approximate surface area is 178 Å². The lowest BCUT2D eigenvalue weighted by Crippen LogP contribution is -2.55. The first kappa shape index (κ1) is 24.0. The molecular weight excluding hydrogens is 408 g/mol. The number of non-ortho nitro benzene ring substituents is 1. The normalized spacial score (nSPS) is 16.3. The van der Waals surface area contributed by atoms with E-state index in [1.807, 2.05) is 0 Å². The summed E-state index contributed by atoms with van der Waals surface area (Å²) < 4.78 is 27.1. The van der Waals surface area contributed by atoms with Gasteiger partial charge in [0.25, 0.3) is 5.69 Å². The van der Waals surface area contributed by atoms with Crippen LogP contribution in [0.2, 0.25) is 0 Å². The summed E-state index contributed by atoms with van der Waals surface area (Å²) in [6, 6.07) is 4.97. The molecule has 0 spiro atoms. The van der Waals surface area contributed by atoms with Crippen molar-refractivity contribution in [3.05, 3.63) is 34.4 Å². The summed E-state index contributed by atoms with van der Waals surface area (Å²) in [5, 5.41) is 17.2. The average Bonchev–Trinajstić information content (AvgIpc) is 2.74. The van der Waals surface area contributed by atoms with Gasteiger partial charge < -0.3 is 10.6 Å². The van der Waals surface area contributed by atoms with Crippen molar-refractivity contribution in [1.29, 1.82) is 0 Å². The summed E-state index contributed by atoms with van der Waals surface area (Å²) in [5.74, 6) is 0.592. The zero-order chi connectivity index (χ0) is 22.2. The van der Waals surface area contributed by atoms with Gasteiger partial charge in [0.05, 0.1) is 9.82 Å². The van der Waals surface area contributed by atoms with Crippen LogP contribution >= 0.6 is 0 Å². The molecule has 0 bridgehead atoms. The molecule has 0 aliphatic carbocycles. The van der Waals surface area contributed by atoms with E-state index >= 15 is 0 Å². The molecule has 1 aliphatic heterocycles. The predicted octanol–water partition coefficient (Wildman–Crippen LogP) is 1.30. The smallest absolute Gasteiger partial charge is 0.270 e. The highest BCUT2D eigenvalue weighted by Gasteiger charge is 2.27. The fourth-order valence-electron chi connectivity index (χ4n) is 3.35. The number of rotatable bonds is 9. The van der Waals surface area contributed by atoms with Crippen molar-refractivity contribution in [2.45, 2.75) is 43.5 Å². The van der Waals surface area contributed by atoms with E-state index in [0.29, 0.717) is 19.0 Å². The number of nitrogens with zero attached hydrogens (tertiary/aromatic N) is 3. The number of hydrogen-bond donors (Lipinski definition) is 3. The minimum Gasteiger partial charge on any atom is -0.355 e. The molecule has 0 radical (unpaired) electrons. The van der Waals surface area contributed by atoms with Gasteiger partial charge in [-0.3, -0.25) is 20.0 Å². The molecule has 1 saturated heterocycles. The first-order valence-electron chi connectivity index (χ1n) is 10.1. The maximum atomic E-state index is 12.3. The van der Waals surface area contributed by atoms with E-state index in [2.05, 4.69) is 39.1 Å². The van der Waals surface area contributed by atoms with Crippen LogP contribution in [0.5, 0.6) is 0 Å². The number of nitro groups is 1. The highest BCUT2D eigenvalue weighted by molar-refractivity contribution is 7.89. The maximum Gasteiger partial charge on any atom is 0.270 e. The first-order valence-corrected chi connectivity index (χ1v) is 11.6. The fourth-order valence-corrected chi connectivity index (χ4v) is 4.42. The highest BCUT2D eigenvalue weighted by Crippen LogP contribution is 2.20. The quantitative estimate of drug-likeness (QED) is 0.174. The average molecular weight is 441 g/mol. The van der Waals surface area contributed by atoms with Gasteiger partial charge in [0.1, 0.15) is 0 Å². The molecule has 0 saturated carbocycles. The van der Waals surface area contributed by atoms with Gasteiger partial charge in [-0.05, 0) is 45.8 Å². The summed E-state index contributed by atoms with van der Waals surface area (Å²) in [6.45, 7) is 7.74. The number of guanidine groups is 1. The van der Waals surface area contributed by atoms with Gasteiger partial charge in [0.2, 0.25) is 10.0 Å². The Morgan fingerprint density at radius 1 is 1.20 bits per heavy atom. The molecule has 168 valence electrons. The number of nitro benzene ring substituents is 1. The van der Waals surface area contributed by atoms with Gasteiger partial charge in [-0.25, -0.2) is 13.1 Å². The monoisotopic (exact) mass is 440 g/mol. The number of aliphatic imine (C=N–C) groups is 1. The third-order valence-corrected chi connectivity index (χ3v) is 6.63. The van der Waals surface area contributed by atoms with Crippen LogP contribution in [0.3, 0.4) is 0 Å². The van der Waals surface area contributed by atoms with E-state index in [9.17, 15) is 18.5 Å². The number of hydrogen-bond acceptors (Lipinski definition) is 6. The zero-order valence-electron chi connectivity index (χ0n) is 17.8. The van der Waals surface area contributed by atoms with Crippen LogP contribution in [0, 0.1) is 10.1 Å². The Balaban J connectivity index is 1.80. The van der Waals surface area contributed by atoms with Crippen molar-refractivity contribution in [3.8, 4) is 0 Å². The van der Waals surface area contributed by atoms with Gasteiger partial charge in [-0.15, -0.1) is 0 Å². The number of piperidine rings is 1. The van der Waals surface area contributed by atoms with Crippen molar-refractivity contribution >= 4 is 21.7 Å². The van der Waals surface area contributed by atoms with Crippen LogP contribution in [-0.4, -0.2) is 69.5 Å². The summed E-state index contributed by atoms with van der Waals surface area (Å²) in [7, 11) is -2.17. The van der Waals surface area contributed by atoms with E-state index in [1.54, 1.807) is 7.05 Å². The first-order chi connectivity index (χ1) is 14.2. The standard InChI is InChI=1S/C19H32N6O4S/c1-19(2,24-12-5-4-6-13-24)15-22-18(20-3)21-10-11-23-30(28,29)17-9-7-8-16(14-17)25(26)27/h7-9,14,23H,4-6,10-13,15H2,1-3H3,(H2,20,21,22). The summed E-state index contributed by atoms with van der Waals surface area (Å²) in [4.78, 5) is 16.7. The number of nitrogens with one attached hydrogen (secondary N) is 3. The third-order valence-electron chi connectivity index (χ3n) is 5.17. The Hall–Kier alpha value is -2.24. The Morgan fingerprint density at radius 2 is 1.90 bits per heavy atom. The molecule has 1 aromatic rings. The minimum atomic E-state index is -3.83. The number of sulfonamides is 1. The third kappa shape index (κ3) is 6.92. The van der Waals surface area contributed by atoms with E-state index < -0.39 is 14.9 Å². The zero-order valence-corrected chi connectivity index (χ0v) is 18.7. The van der Waals surface area contributed by atoms with Gasteiger partial charge in [-0.1, -0.05) is 12.5 Å². The van der Waals surface area contributed by atoms with Crippen molar-refractivity contribution in [1.82, 2.24) is 20.3 Å². The van der Waals surface area contributed by atoms with E-state index in [4.69, 9.17) is 0 Å². The van der Waals surface area contributed by atoms with Gasteiger partial charge >= 0.3 is 0 Å². The lowest BCUT2D eigenvalue weighted by atomic mass is 9.98. The van der Waals surface area contributed by atoms with E-state index in [-0.39, 0.29) is 22.7 Å². The molecule has 0 aromatic heterocycles. The second kappa shape index (κ2) is 10.7. The van der Waals surface area contributed by atoms with Crippen molar-refractivity contribution in [2.24, 2.45) is 4.99 Å². The summed E-state index contributed by atoms with van der Waals surface area (Å²) >= 11 is 0. The van der Waals surface area contributed by atoms with Crippen molar-refractivity contribution in [3.63, 3.8) is 0 Å². The molecule has 11 heteroatoms. The second-order valence-corrected chi connectivity index (χ2v) is 9.63. The molecule has 10 nitrogen and oxygen atoms in total. The number of benzene rings is 1. The summed E-state index contributed by atoms with van der Waals surface area (Å²) in [5.41, 5.74) is -0.279. The molecule has 1 heterocycles. The minimum absolute atomic E-state index is 0.0122. The molecule has 0 unspecified atom stereocenters. The predicted molar refractivity (Wildman–Crippen MR) is 117 cm³/mol. The molecule has 30 heavy (non-hydrogen) atoms. The molecule has 0 atom stereocenters. The SMILES string of the molecule is CN=C(NCCNS(=O)(=O)c1cccc([N+](=O)[O-])c1)NCC(C)(C)N1CCCCC1. The van der Waals surface area contributed by atoms with Crippen LogP contribution in [-0.2, 0) is 10.0 Å². The lowest BCUT2D eigenvalue weighted by Gasteiger charge is -2.41. The number of likely N-dealkylation sites (tertiary alicyclic amines) is 1. The van der Waals surface area contributed by atoms with Crippen molar-refractivity contribution in [2.75, 3.05) is 39.8 Å². The fraction of sp³-hybridized carbons (Fsp3) is 0.632. The van der Waals surface area contributed by atoms with Gasteiger partial charge in [-0.2, -0.15) is 0 Å².